The van der Waals surface area contributed by atoms with Crippen molar-refractivity contribution in [2.24, 2.45) is 5.92 Å². The smallest absolute Gasteiger partial charge is 0.251 e. The summed E-state index contributed by atoms with van der Waals surface area (Å²) in [6, 6.07) is 4.81. The summed E-state index contributed by atoms with van der Waals surface area (Å²) in [6.07, 6.45) is 10.1. The standard InChI is InChI=1S/C25H39N3O4S/c1-19-7-5-6-14-28(19)33(30,31)24-17-21(10-11-23(24)32-2)25(29)26-22-12-15-27(16-13-22)18-20-8-3-4-9-20/h10-11,17,19-20,22H,3-9,12-16,18H2,1-2H3,(H,26,29). The van der Waals surface area contributed by atoms with Gasteiger partial charge in [0.15, 0.2) is 0 Å². The number of ether oxygens (including phenoxy) is 1. The number of carbonyl (C=O) groups excluding carboxylic acids is 1. The Hall–Kier alpha value is -1.64. The normalized spacial score (nSPS) is 24.1. The number of nitrogens with one attached hydrogen (secondary N) is 1. The molecule has 0 bridgehead atoms. The van der Waals surface area contributed by atoms with Crippen molar-refractivity contribution in [2.45, 2.75) is 81.7 Å². The fourth-order valence-electron chi connectivity index (χ4n) is 5.66. The van der Waals surface area contributed by atoms with Crippen LogP contribution in [0.4, 0.5) is 0 Å². The first kappa shape index (κ1) is 24.5. The van der Waals surface area contributed by atoms with Crippen molar-refractivity contribution in [2.75, 3.05) is 33.3 Å². The van der Waals surface area contributed by atoms with E-state index in [1.807, 2.05) is 6.92 Å². The molecule has 0 spiro atoms. The molecule has 1 amide bonds. The van der Waals surface area contributed by atoms with Crippen molar-refractivity contribution >= 4 is 15.9 Å². The average molecular weight is 478 g/mol. The molecule has 1 atom stereocenters. The Bertz CT molecular complexity index is 922. The number of likely N-dealkylation sites (tertiary alicyclic amines) is 1. The highest BCUT2D eigenvalue weighted by Crippen LogP contribution is 2.32. The molecular formula is C25H39N3O4S. The third kappa shape index (κ3) is 5.72. The quantitative estimate of drug-likeness (QED) is 0.649. The van der Waals surface area contributed by atoms with Crippen molar-refractivity contribution < 1.29 is 17.9 Å². The Morgan fingerprint density at radius 3 is 2.39 bits per heavy atom. The van der Waals surface area contributed by atoms with E-state index in [0.29, 0.717) is 12.1 Å². The van der Waals surface area contributed by atoms with Crippen molar-refractivity contribution in [1.82, 2.24) is 14.5 Å². The van der Waals surface area contributed by atoms with Crippen LogP contribution in [0.15, 0.2) is 23.1 Å². The van der Waals surface area contributed by atoms with Crippen LogP contribution in [0.3, 0.4) is 0 Å². The zero-order valence-electron chi connectivity index (χ0n) is 20.1. The van der Waals surface area contributed by atoms with Gasteiger partial charge in [0.25, 0.3) is 5.91 Å². The van der Waals surface area contributed by atoms with E-state index in [4.69, 9.17) is 4.74 Å². The molecule has 1 N–H and O–H groups in total. The third-order valence-electron chi connectivity index (χ3n) is 7.67. The fraction of sp³-hybridized carbons (Fsp3) is 0.720. The van der Waals surface area contributed by atoms with Gasteiger partial charge in [-0.15, -0.1) is 0 Å². The highest BCUT2D eigenvalue weighted by Gasteiger charge is 2.34. The molecule has 184 valence electrons. The molecule has 1 aromatic rings. The van der Waals surface area contributed by atoms with Gasteiger partial charge in [0, 0.05) is 43.8 Å². The molecule has 33 heavy (non-hydrogen) atoms. The lowest BCUT2D eigenvalue weighted by atomic mass is 10.0. The van der Waals surface area contributed by atoms with E-state index in [1.165, 1.54) is 45.4 Å². The van der Waals surface area contributed by atoms with E-state index in [-0.39, 0.29) is 28.6 Å². The molecule has 2 aliphatic heterocycles. The summed E-state index contributed by atoms with van der Waals surface area (Å²) >= 11 is 0. The van der Waals surface area contributed by atoms with Crippen LogP contribution in [0.2, 0.25) is 0 Å². The minimum Gasteiger partial charge on any atom is -0.495 e. The number of benzene rings is 1. The molecule has 7 nitrogen and oxygen atoms in total. The van der Waals surface area contributed by atoms with Gasteiger partial charge >= 0.3 is 0 Å². The highest BCUT2D eigenvalue weighted by atomic mass is 32.2. The van der Waals surface area contributed by atoms with Gasteiger partial charge in [-0.25, -0.2) is 8.42 Å². The first-order valence-electron chi connectivity index (χ1n) is 12.6. The molecule has 4 rings (SSSR count). The summed E-state index contributed by atoms with van der Waals surface area (Å²) in [5.41, 5.74) is 0.368. The minimum absolute atomic E-state index is 0.0552. The zero-order chi connectivity index (χ0) is 23.4. The Morgan fingerprint density at radius 1 is 1.03 bits per heavy atom. The third-order valence-corrected chi connectivity index (χ3v) is 9.70. The van der Waals surface area contributed by atoms with Gasteiger partial charge in [0.2, 0.25) is 10.0 Å². The molecule has 2 saturated heterocycles. The topological polar surface area (TPSA) is 79.0 Å². The maximum atomic E-state index is 13.4. The second kappa shape index (κ2) is 10.7. The summed E-state index contributed by atoms with van der Waals surface area (Å²) in [4.78, 5) is 15.6. The van der Waals surface area contributed by atoms with Crippen molar-refractivity contribution in [1.29, 1.82) is 0 Å². The van der Waals surface area contributed by atoms with E-state index in [1.54, 1.807) is 16.4 Å². The van der Waals surface area contributed by atoms with Gasteiger partial charge in [0.05, 0.1) is 7.11 Å². The van der Waals surface area contributed by atoms with Crippen LogP contribution in [-0.2, 0) is 10.0 Å². The highest BCUT2D eigenvalue weighted by molar-refractivity contribution is 7.89. The lowest BCUT2D eigenvalue weighted by Crippen LogP contribution is -2.45. The molecule has 2 heterocycles. The molecule has 1 aromatic carbocycles. The number of carbonyl (C=O) groups is 1. The maximum absolute atomic E-state index is 13.4. The summed E-state index contributed by atoms with van der Waals surface area (Å²) in [7, 11) is -2.27. The monoisotopic (exact) mass is 477 g/mol. The number of hydrogen-bond acceptors (Lipinski definition) is 5. The Morgan fingerprint density at radius 2 is 1.73 bits per heavy atom. The molecule has 0 aromatic heterocycles. The van der Waals surface area contributed by atoms with E-state index in [9.17, 15) is 13.2 Å². The molecular weight excluding hydrogens is 438 g/mol. The van der Waals surface area contributed by atoms with Crippen molar-refractivity contribution in [3.63, 3.8) is 0 Å². The van der Waals surface area contributed by atoms with E-state index < -0.39 is 10.0 Å². The first-order chi connectivity index (χ1) is 15.9. The summed E-state index contributed by atoms with van der Waals surface area (Å²) in [5.74, 6) is 0.915. The Kier molecular flexibility index (Phi) is 7.97. The van der Waals surface area contributed by atoms with Crippen LogP contribution >= 0.6 is 0 Å². The molecule has 3 aliphatic rings. The Labute approximate surface area is 198 Å². The summed E-state index contributed by atoms with van der Waals surface area (Å²) in [5, 5.41) is 3.14. The molecule has 8 heteroatoms. The number of rotatable bonds is 7. The number of amides is 1. The largest absolute Gasteiger partial charge is 0.495 e. The Balaban J connectivity index is 1.41. The van der Waals surface area contributed by atoms with Crippen LogP contribution in [0.1, 0.15) is 75.1 Å². The number of nitrogens with zero attached hydrogens (tertiary/aromatic N) is 2. The van der Waals surface area contributed by atoms with Crippen molar-refractivity contribution in [3.8, 4) is 5.75 Å². The molecule has 0 radical (unpaired) electrons. The van der Waals surface area contributed by atoms with Crippen LogP contribution in [0, 0.1) is 5.92 Å². The zero-order valence-corrected chi connectivity index (χ0v) is 20.9. The van der Waals surface area contributed by atoms with Gasteiger partial charge in [-0.3, -0.25) is 4.79 Å². The van der Waals surface area contributed by atoms with Gasteiger partial charge < -0.3 is 15.0 Å². The fourth-order valence-corrected chi connectivity index (χ4v) is 7.54. The molecule has 1 saturated carbocycles. The van der Waals surface area contributed by atoms with Gasteiger partial charge in [-0.05, 0) is 69.6 Å². The van der Waals surface area contributed by atoms with Crippen LogP contribution in [0.5, 0.6) is 5.75 Å². The average Bonchev–Trinajstić information content (AvgIpc) is 3.33. The number of piperidine rings is 2. The van der Waals surface area contributed by atoms with Crippen molar-refractivity contribution in [3.05, 3.63) is 23.8 Å². The number of methoxy groups -OCH3 is 1. The van der Waals surface area contributed by atoms with E-state index in [0.717, 1.165) is 51.1 Å². The SMILES string of the molecule is COc1ccc(C(=O)NC2CCN(CC3CCCC3)CC2)cc1S(=O)(=O)N1CCCCC1C. The second-order valence-corrected chi connectivity index (χ2v) is 11.9. The predicted octanol–water partition coefficient (Wildman–Crippen LogP) is 3.64. The van der Waals surface area contributed by atoms with Gasteiger partial charge in [0.1, 0.15) is 10.6 Å². The van der Waals surface area contributed by atoms with Crippen LogP contribution in [-0.4, -0.2) is 68.9 Å². The summed E-state index contributed by atoms with van der Waals surface area (Å²) < 4.78 is 33.8. The van der Waals surface area contributed by atoms with E-state index >= 15 is 0 Å². The first-order valence-corrected chi connectivity index (χ1v) is 14.1. The maximum Gasteiger partial charge on any atom is 0.251 e. The number of hydrogen-bond donors (Lipinski definition) is 1. The lowest BCUT2D eigenvalue weighted by molar-refractivity contribution is 0.0905. The molecule has 1 unspecified atom stereocenters. The lowest BCUT2D eigenvalue weighted by Gasteiger charge is -2.34. The second-order valence-electron chi connectivity index (χ2n) is 10.0. The molecule has 1 aliphatic carbocycles. The minimum atomic E-state index is -3.74. The van der Waals surface area contributed by atoms with Crippen LogP contribution < -0.4 is 10.1 Å². The van der Waals surface area contributed by atoms with Gasteiger partial charge in [-0.1, -0.05) is 19.3 Å². The summed E-state index contributed by atoms with van der Waals surface area (Å²) in [6.45, 7) is 5.66. The number of sulfonamides is 1. The van der Waals surface area contributed by atoms with Crippen LogP contribution in [0.25, 0.3) is 0 Å². The van der Waals surface area contributed by atoms with E-state index in [2.05, 4.69) is 10.2 Å². The predicted molar refractivity (Wildman–Crippen MR) is 129 cm³/mol. The molecule has 3 fully saturated rings. The van der Waals surface area contributed by atoms with Gasteiger partial charge in [-0.2, -0.15) is 4.31 Å².